The van der Waals surface area contributed by atoms with Gasteiger partial charge in [-0.2, -0.15) is 9.57 Å². The van der Waals surface area contributed by atoms with Crippen LogP contribution in [0.5, 0.6) is 0 Å². The van der Waals surface area contributed by atoms with Crippen molar-refractivity contribution >= 4 is 10.0 Å². The van der Waals surface area contributed by atoms with Gasteiger partial charge >= 0.3 is 0 Å². The molecule has 0 aliphatic heterocycles. The molecule has 1 aromatic carbocycles. The summed E-state index contributed by atoms with van der Waals surface area (Å²) in [6, 6.07) is 2.34. The number of nitrogens with zero attached hydrogens (tertiary/aromatic N) is 2. The lowest BCUT2D eigenvalue weighted by atomic mass is 10.3. The van der Waals surface area contributed by atoms with Gasteiger partial charge in [0.2, 0.25) is 10.0 Å². The van der Waals surface area contributed by atoms with E-state index >= 15 is 0 Å². The number of sulfonamides is 1. The molecule has 104 valence electrons. The molecule has 0 N–H and O–H groups in total. The Labute approximate surface area is 109 Å². The predicted octanol–water partition coefficient (Wildman–Crippen LogP) is 2.03. The van der Waals surface area contributed by atoms with Crippen molar-refractivity contribution in [2.24, 2.45) is 0 Å². The summed E-state index contributed by atoms with van der Waals surface area (Å²) in [6.45, 7) is 1.22. The molecule has 1 aromatic rings. The van der Waals surface area contributed by atoms with Crippen molar-refractivity contribution in [3.05, 3.63) is 29.6 Å². The van der Waals surface area contributed by atoms with Crippen molar-refractivity contribution < 1.29 is 21.6 Å². The summed E-state index contributed by atoms with van der Waals surface area (Å²) in [7, 11) is -4.44. The number of halogens is 3. The Kier molecular flexibility index (Phi) is 4.91. The second-order valence-electron chi connectivity index (χ2n) is 3.60. The molecular weight excluding hydrogens is 281 g/mol. The van der Waals surface area contributed by atoms with Crippen LogP contribution in [-0.4, -0.2) is 25.8 Å². The fourth-order valence-electron chi connectivity index (χ4n) is 1.53. The highest BCUT2D eigenvalue weighted by molar-refractivity contribution is 7.89. The van der Waals surface area contributed by atoms with Crippen LogP contribution in [0, 0.1) is 28.8 Å². The van der Waals surface area contributed by atoms with Gasteiger partial charge in [0.1, 0.15) is 17.5 Å². The molecule has 0 heterocycles. The Hall–Kier alpha value is -1.59. The Morgan fingerprint density at radius 2 is 1.79 bits per heavy atom. The van der Waals surface area contributed by atoms with E-state index in [1.807, 2.05) is 0 Å². The van der Waals surface area contributed by atoms with E-state index in [9.17, 15) is 21.6 Å². The van der Waals surface area contributed by atoms with Gasteiger partial charge in [-0.05, 0) is 0 Å². The second kappa shape index (κ2) is 6.04. The summed E-state index contributed by atoms with van der Waals surface area (Å²) in [6.07, 6.45) is -0.114. The highest BCUT2D eigenvalue weighted by atomic mass is 32.2. The molecule has 0 saturated carbocycles. The molecule has 4 nitrogen and oxygen atoms in total. The largest absolute Gasteiger partial charge is 0.248 e. The van der Waals surface area contributed by atoms with Gasteiger partial charge in [0.15, 0.2) is 4.90 Å². The summed E-state index contributed by atoms with van der Waals surface area (Å²) >= 11 is 0. The van der Waals surface area contributed by atoms with E-state index in [0.29, 0.717) is 12.1 Å². The standard InChI is InChI=1S/C11H11F3N2O2S/c1-2-16(5-3-4-15)19(17,18)11-9(13)6-8(12)7-10(11)14/h6-7H,2-3,5H2,1H3. The van der Waals surface area contributed by atoms with Gasteiger partial charge in [0.05, 0.1) is 6.07 Å². The van der Waals surface area contributed by atoms with Crippen molar-refractivity contribution in [3.8, 4) is 6.07 Å². The minimum absolute atomic E-state index is 0.0553. The number of rotatable bonds is 5. The van der Waals surface area contributed by atoms with E-state index in [1.165, 1.54) is 6.92 Å². The zero-order chi connectivity index (χ0) is 14.6. The highest BCUT2D eigenvalue weighted by Gasteiger charge is 2.30. The lowest BCUT2D eigenvalue weighted by Crippen LogP contribution is -2.33. The average Bonchev–Trinajstić information content (AvgIpc) is 2.27. The third-order valence-electron chi connectivity index (χ3n) is 2.39. The molecule has 8 heteroatoms. The summed E-state index contributed by atoms with van der Waals surface area (Å²) in [5, 5.41) is 8.42. The third-order valence-corrected chi connectivity index (χ3v) is 4.41. The first-order valence-corrected chi connectivity index (χ1v) is 6.80. The average molecular weight is 292 g/mol. The first-order valence-electron chi connectivity index (χ1n) is 5.36. The molecule has 0 aromatic heterocycles. The van der Waals surface area contributed by atoms with Crippen molar-refractivity contribution in [1.29, 1.82) is 5.26 Å². The lowest BCUT2D eigenvalue weighted by molar-refractivity contribution is 0.420. The van der Waals surface area contributed by atoms with E-state index in [-0.39, 0.29) is 19.5 Å². The molecular formula is C11H11F3N2O2S. The van der Waals surface area contributed by atoms with Gasteiger partial charge in [-0.1, -0.05) is 6.92 Å². The number of hydrogen-bond acceptors (Lipinski definition) is 3. The van der Waals surface area contributed by atoms with Crippen LogP contribution in [0.3, 0.4) is 0 Å². The molecule has 0 spiro atoms. The van der Waals surface area contributed by atoms with Crippen LogP contribution < -0.4 is 0 Å². The fraction of sp³-hybridized carbons (Fsp3) is 0.364. The van der Waals surface area contributed by atoms with Crippen molar-refractivity contribution in [2.45, 2.75) is 18.2 Å². The topological polar surface area (TPSA) is 61.2 Å². The van der Waals surface area contributed by atoms with Crippen LogP contribution in [0.4, 0.5) is 13.2 Å². The molecule has 0 saturated heterocycles. The third kappa shape index (κ3) is 3.24. The summed E-state index contributed by atoms with van der Waals surface area (Å²) in [5.74, 6) is -4.19. The first kappa shape index (κ1) is 15.5. The zero-order valence-electron chi connectivity index (χ0n) is 10.0. The van der Waals surface area contributed by atoms with Crippen LogP contribution in [0.15, 0.2) is 17.0 Å². The smallest absolute Gasteiger partial charge is 0.207 e. The fourth-order valence-corrected chi connectivity index (χ4v) is 3.07. The van der Waals surface area contributed by atoms with E-state index in [2.05, 4.69) is 0 Å². The zero-order valence-corrected chi connectivity index (χ0v) is 10.8. The first-order chi connectivity index (χ1) is 8.84. The molecule has 0 aliphatic carbocycles. The molecule has 0 radical (unpaired) electrons. The number of benzene rings is 1. The van der Waals surface area contributed by atoms with Crippen LogP contribution in [0.2, 0.25) is 0 Å². The van der Waals surface area contributed by atoms with Crippen LogP contribution >= 0.6 is 0 Å². The molecule has 0 amide bonds. The van der Waals surface area contributed by atoms with Crippen LogP contribution in [-0.2, 0) is 10.0 Å². The maximum Gasteiger partial charge on any atom is 0.248 e. The second-order valence-corrected chi connectivity index (χ2v) is 5.48. The highest BCUT2D eigenvalue weighted by Crippen LogP contribution is 2.23. The molecule has 0 bridgehead atoms. The lowest BCUT2D eigenvalue weighted by Gasteiger charge is -2.19. The van der Waals surface area contributed by atoms with Crippen LogP contribution in [0.1, 0.15) is 13.3 Å². The van der Waals surface area contributed by atoms with Crippen LogP contribution in [0.25, 0.3) is 0 Å². The maximum atomic E-state index is 13.5. The normalized spacial score (nSPS) is 11.6. The van der Waals surface area contributed by atoms with Gasteiger partial charge in [-0.3, -0.25) is 0 Å². The Balaban J connectivity index is 3.31. The molecule has 0 unspecified atom stereocenters. The maximum absolute atomic E-state index is 13.5. The van der Waals surface area contributed by atoms with Crippen molar-refractivity contribution in [3.63, 3.8) is 0 Å². The summed E-state index contributed by atoms with van der Waals surface area (Å²) in [5.41, 5.74) is 0. The van der Waals surface area contributed by atoms with Gasteiger partial charge in [-0.15, -0.1) is 0 Å². The SMILES string of the molecule is CCN(CCC#N)S(=O)(=O)c1c(F)cc(F)cc1F. The number of nitriles is 1. The summed E-state index contributed by atoms with van der Waals surface area (Å²) in [4.78, 5) is -1.20. The molecule has 1 rings (SSSR count). The molecule has 19 heavy (non-hydrogen) atoms. The quantitative estimate of drug-likeness (QED) is 0.834. The Bertz CT molecular complexity index is 588. The monoisotopic (exact) mass is 292 g/mol. The Morgan fingerprint density at radius 3 is 2.21 bits per heavy atom. The van der Waals surface area contributed by atoms with E-state index < -0.39 is 32.4 Å². The van der Waals surface area contributed by atoms with Crippen molar-refractivity contribution in [1.82, 2.24) is 4.31 Å². The van der Waals surface area contributed by atoms with E-state index in [0.717, 1.165) is 4.31 Å². The van der Waals surface area contributed by atoms with Gasteiger partial charge in [0, 0.05) is 31.6 Å². The molecule has 0 fully saturated rings. The summed E-state index contributed by atoms with van der Waals surface area (Å²) < 4.78 is 64.5. The number of hydrogen-bond donors (Lipinski definition) is 0. The minimum atomic E-state index is -4.44. The molecule has 0 aliphatic rings. The van der Waals surface area contributed by atoms with E-state index in [1.54, 1.807) is 6.07 Å². The molecule has 0 atom stereocenters. The predicted molar refractivity (Wildman–Crippen MR) is 61.0 cm³/mol. The van der Waals surface area contributed by atoms with Gasteiger partial charge in [0.25, 0.3) is 0 Å². The Morgan fingerprint density at radius 1 is 1.26 bits per heavy atom. The van der Waals surface area contributed by atoms with E-state index in [4.69, 9.17) is 5.26 Å². The van der Waals surface area contributed by atoms with Gasteiger partial charge in [-0.25, -0.2) is 21.6 Å². The van der Waals surface area contributed by atoms with Crippen molar-refractivity contribution in [2.75, 3.05) is 13.1 Å². The van der Waals surface area contributed by atoms with Gasteiger partial charge < -0.3 is 0 Å². The minimum Gasteiger partial charge on any atom is -0.207 e.